The highest BCUT2D eigenvalue weighted by Crippen LogP contribution is 2.29. The molecule has 0 fully saturated rings. The van der Waals surface area contributed by atoms with Gasteiger partial charge in [0.25, 0.3) is 5.91 Å². The summed E-state index contributed by atoms with van der Waals surface area (Å²) in [5.74, 6) is -2.70. The lowest BCUT2D eigenvalue weighted by Crippen LogP contribution is -2.26. The molecule has 0 saturated heterocycles. The Labute approximate surface area is 216 Å². The van der Waals surface area contributed by atoms with E-state index in [1.54, 1.807) is 36.5 Å². The van der Waals surface area contributed by atoms with Crippen molar-refractivity contribution in [3.63, 3.8) is 0 Å². The van der Waals surface area contributed by atoms with Gasteiger partial charge in [0.15, 0.2) is 0 Å². The minimum atomic E-state index is -0.997. The second-order valence-corrected chi connectivity index (χ2v) is 8.62. The number of carboxylic acids is 1. The van der Waals surface area contributed by atoms with Gasteiger partial charge >= 0.3 is 5.97 Å². The molecular weight excluding hydrogens is 500 g/mol. The number of pyridine rings is 1. The van der Waals surface area contributed by atoms with Gasteiger partial charge in [-0.2, -0.15) is 0 Å². The lowest BCUT2D eigenvalue weighted by atomic mass is 10.0. The van der Waals surface area contributed by atoms with Crippen molar-refractivity contribution in [2.75, 3.05) is 11.9 Å². The number of halogens is 3. The third-order valence-electron chi connectivity index (χ3n) is 5.61. The summed E-state index contributed by atoms with van der Waals surface area (Å²) in [6.07, 6.45) is 1.39. The molecule has 9 heteroatoms. The molecule has 0 aliphatic carbocycles. The summed E-state index contributed by atoms with van der Waals surface area (Å²) in [7, 11) is 0. The number of benzene rings is 3. The zero-order chi connectivity index (χ0) is 26.4. The standard InChI is InChI=1S/C28H22ClF2N3O3/c29-20-5-1-18(15-33-22-7-2-17(3-8-22)23-9-6-21(30)14-25(23)31)24(13-20)19-4-10-26(34-16-19)28(37)32-12-11-27(35)36/h1-10,13-14,16,33H,11-12,15H2,(H,32,37)(H,35,36). The third kappa shape index (κ3) is 6.68. The number of rotatable bonds is 9. The van der Waals surface area contributed by atoms with Crippen LogP contribution in [0.3, 0.4) is 0 Å². The average Bonchev–Trinajstić information content (AvgIpc) is 2.88. The maximum atomic E-state index is 14.1. The molecule has 1 heterocycles. The van der Waals surface area contributed by atoms with E-state index in [0.717, 1.165) is 28.4 Å². The van der Waals surface area contributed by atoms with Gasteiger partial charge in [-0.1, -0.05) is 35.9 Å². The van der Waals surface area contributed by atoms with Crippen LogP contribution in [0.1, 0.15) is 22.5 Å². The van der Waals surface area contributed by atoms with Crippen LogP contribution in [0, 0.1) is 11.6 Å². The molecular formula is C28H22ClF2N3O3. The Morgan fingerprint density at radius 1 is 0.892 bits per heavy atom. The van der Waals surface area contributed by atoms with Gasteiger partial charge in [0.2, 0.25) is 0 Å². The zero-order valence-corrected chi connectivity index (χ0v) is 20.2. The van der Waals surface area contributed by atoms with Crippen molar-refractivity contribution in [3.05, 3.63) is 107 Å². The molecule has 6 nitrogen and oxygen atoms in total. The number of hydrogen-bond acceptors (Lipinski definition) is 4. The van der Waals surface area contributed by atoms with E-state index in [1.165, 1.54) is 12.1 Å². The summed E-state index contributed by atoms with van der Waals surface area (Å²) >= 11 is 6.24. The molecule has 4 rings (SSSR count). The van der Waals surface area contributed by atoms with E-state index in [0.29, 0.717) is 22.7 Å². The van der Waals surface area contributed by atoms with Crippen molar-refractivity contribution in [3.8, 4) is 22.3 Å². The Morgan fingerprint density at radius 2 is 1.65 bits per heavy atom. The first-order valence-electron chi connectivity index (χ1n) is 11.3. The van der Waals surface area contributed by atoms with E-state index in [1.807, 2.05) is 24.3 Å². The van der Waals surface area contributed by atoms with Crippen LogP contribution in [0.15, 0.2) is 79.0 Å². The van der Waals surface area contributed by atoms with E-state index in [9.17, 15) is 18.4 Å². The molecule has 188 valence electrons. The predicted octanol–water partition coefficient (Wildman–Crippen LogP) is 6.16. The van der Waals surface area contributed by atoms with Gasteiger partial charge < -0.3 is 15.7 Å². The SMILES string of the molecule is O=C(O)CCNC(=O)c1ccc(-c2cc(Cl)ccc2CNc2ccc(-c3ccc(F)cc3F)cc2)cn1. The van der Waals surface area contributed by atoms with Crippen molar-refractivity contribution >= 4 is 29.2 Å². The molecule has 0 atom stereocenters. The Bertz CT molecular complexity index is 1430. The van der Waals surface area contributed by atoms with E-state index < -0.39 is 23.5 Å². The molecule has 0 aliphatic heterocycles. The predicted molar refractivity (Wildman–Crippen MR) is 138 cm³/mol. The second-order valence-electron chi connectivity index (χ2n) is 8.19. The quantitative estimate of drug-likeness (QED) is 0.245. The monoisotopic (exact) mass is 521 g/mol. The summed E-state index contributed by atoms with van der Waals surface area (Å²) in [6.45, 7) is 0.468. The number of hydrogen-bond donors (Lipinski definition) is 3. The van der Waals surface area contributed by atoms with Gasteiger partial charge in [-0.15, -0.1) is 0 Å². The first-order valence-corrected chi connectivity index (χ1v) is 11.7. The summed E-state index contributed by atoms with van der Waals surface area (Å²) in [5, 5.41) is 15.1. The molecule has 0 unspecified atom stereocenters. The number of amides is 1. The molecule has 3 aromatic carbocycles. The van der Waals surface area contributed by atoms with Crippen molar-refractivity contribution in [1.82, 2.24) is 10.3 Å². The number of nitrogens with zero attached hydrogens (tertiary/aromatic N) is 1. The summed E-state index contributed by atoms with van der Waals surface area (Å²) in [6, 6.07) is 19.4. The van der Waals surface area contributed by atoms with Gasteiger partial charge in [-0.25, -0.2) is 8.78 Å². The van der Waals surface area contributed by atoms with Crippen LogP contribution in [-0.4, -0.2) is 28.5 Å². The molecule has 0 radical (unpaired) electrons. The Balaban J connectivity index is 1.46. The van der Waals surface area contributed by atoms with E-state index >= 15 is 0 Å². The molecule has 1 amide bonds. The molecule has 4 aromatic rings. The fourth-order valence-electron chi connectivity index (χ4n) is 3.72. The van der Waals surface area contributed by atoms with E-state index in [-0.39, 0.29) is 18.7 Å². The number of carboxylic acid groups (broad SMARTS) is 1. The second kappa shape index (κ2) is 11.6. The number of aromatic nitrogens is 1. The highest BCUT2D eigenvalue weighted by atomic mass is 35.5. The van der Waals surface area contributed by atoms with Crippen molar-refractivity contribution in [1.29, 1.82) is 0 Å². The van der Waals surface area contributed by atoms with Crippen LogP contribution >= 0.6 is 11.6 Å². The zero-order valence-electron chi connectivity index (χ0n) is 19.5. The summed E-state index contributed by atoms with van der Waals surface area (Å²) in [4.78, 5) is 27.0. The van der Waals surface area contributed by atoms with Crippen LogP contribution in [0.5, 0.6) is 0 Å². The lowest BCUT2D eigenvalue weighted by molar-refractivity contribution is -0.136. The van der Waals surface area contributed by atoms with Gasteiger partial charge in [-0.05, 0) is 59.2 Å². The van der Waals surface area contributed by atoms with Crippen LogP contribution in [0.4, 0.5) is 14.5 Å². The van der Waals surface area contributed by atoms with Crippen molar-refractivity contribution < 1.29 is 23.5 Å². The van der Waals surface area contributed by atoms with E-state index in [4.69, 9.17) is 16.7 Å². The topological polar surface area (TPSA) is 91.3 Å². The maximum Gasteiger partial charge on any atom is 0.305 e. The van der Waals surface area contributed by atoms with Gasteiger partial charge in [-0.3, -0.25) is 14.6 Å². The van der Waals surface area contributed by atoms with Crippen LogP contribution in [-0.2, 0) is 11.3 Å². The largest absolute Gasteiger partial charge is 0.481 e. The molecule has 0 aliphatic rings. The van der Waals surface area contributed by atoms with Crippen LogP contribution in [0.25, 0.3) is 22.3 Å². The van der Waals surface area contributed by atoms with Gasteiger partial charge in [0.1, 0.15) is 17.3 Å². The van der Waals surface area contributed by atoms with Gasteiger partial charge in [0, 0.05) is 47.2 Å². The first kappa shape index (κ1) is 25.8. The smallest absolute Gasteiger partial charge is 0.305 e. The fraction of sp³-hybridized carbons (Fsp3) is 0.107. The highest BCUT2D eigenvalue weighted by Gasteiger charge is 2.12. The number of nitrogens with one attached hydrogen (secondary N) is 2. The summed E-state index contributed by atoms with van der Waals surface area (Å²) in [5.41, 5.74) is 4.44. The highest BCUT2D eigenvalue weighted by molar-refractivity contribution is 6.30. The molecule has 37 heavy (non-hydrogen) atoms. The van der Waals surface area contributed by atoms with E-state index in [2.05, 4.69) is 15.6 Å². The number of carbonyl (C=O) groups excluding carboxylic acids is 1. The normalized spacial score (nSPS) is 10.7. The Morgan fingerprint density at radius 3 is 2.32 bits per heavy atom. The Kier molecular flexibility index (Phi) is 8.10. The lowest BCUT2D eigenvalue weighted by Gasteiger charge is -2.13. The molecule has 3 N–H and O–H groups in total. The third-order valence-corrected chi connectivity index (χ3v) is 5.85. The molecule has 0 saturated carbocycles. The van der Waals surface area contributed by atoms with Crippen molar-refractivity contribution in [2.45, 2.75) is 13.0 Å². The minimum Gasteiger partial charge on any atom is -0.481 e. The molecule has 0 bridgehead atoms. The minimum absolute atomic E-state index is 0.0154. The Hall–Kier alpha value is -4.30. The van der Waals surface area contributed by atoms with Crippen LogP contribution in [0.2, 0.25) is 5.02 Å². The maximum absolute atomic E-state index is 14.1. The van der Waals surface area contributed by atoms with Crippen LogP contribution < -0.4 is 10.6 Å². The number of anilines is 1. The summed E-state index contributed by atoms with van der Waals surface area (Å²) < 4.78 is 27.3. The molecule has 1 aromatic heterocycles. The average molecular weight is 522 g/mol. The first-order chi connectivity index (χ1) is 17.8. The van der Waals surface area contributed by atoms with Crippen molar-refractivity contribution in [2.24, 2.45) is 0 Å². The number of aliphatic carboxylic acids is 1. The van der Waals surface area contributed by atoms with Gasteiger partial charge in [0.05, 0.1) is 6.42 Å². The molecule has 0 spiro atoms. The number of carbonyl (C=O) groups is 2. The fourth-order valence-corrected chi connectivity index (χ4v) is 3.89.